The molecule has 0 aliphatic heterocycles. The summed E-state index contributed by atoms with van der Waals surface area (Å²) in [6.07, 6.45) is 4.61. The number of aliphatic carboxylic acids is 1. The van der Waals surface area contributed by atoms with E-state index in [0.29, 0.717) is 16.8 Å². The van der Waals surface area contributed by atoms with Gasteiger partial charge in [-0.25, -0.2) is 9.78 Å². The number of thiol groups is 1. The first-order valence-electron chi connectivity index (χ1n) is 18.0. The van der Waals surface area contributed by atoms with Gasteiger partial charge in [-0.15, -0.1) is 0 Å². The van der Waals surface area contributed by atoms with Crippen LogP contribution >= 0.6 is 12.6 Å². The van der Waals surface area contributed by atoms with Gasteiger partial charge in [0.1, 0.15) is 24.2 Å². The monoisotopic (exact) mass is 804 g/mol. The molecule has 19 nitrogen and oxygen atoms in total. The van der Waals surface area contributed by atoms with E-state index in [-0.39, 0.29) is 50.4 Å². The van der Waals surface area contributed by atoms with Crippen molar-refractivity contribution in [3.63, 3.8) is 0 Å². The number of guanidine groups is 1. The summed E-state index contributed by atoms with van der Waals surface area (Å²) >= 11 is 3.98. The standard InChI is InChI=1S/C37H48N12O7S/c38-25(19-57)32(51)44-18-31(50)46-29(15-23-17-41-20-45-23)35(54)48-28(13-21-7-2-1-3-8-21)34(53)47-27(11-6-12-42-37(39)40)33(52)49-30(36(55)56)14-22-16-43-26-10-5-4-9-24(22)26/h1-5,7-10,16-17,20,25,27-30,43,57H,6,11-15,18-19,38H2,(H,41,45)(H,44,51)(H,46,50)(H,47,53)(H,48,54)(H,49,52)(H,55,56)(H4,39,40,42)/t25-,27-,28+,29-,30-/m0/s1. The lowest BCUT2D eigenvalue weighted by Gasteiger charge is -2.26. The molecule has 0 aliphatic rings. The van der Waals surface area contributed by atoms with Gasteiger partial charge in [0.2, 0.25) is 29.5 Å². The lowest BCUT2D eigenvalue weighted by atomic mass is 10.0. The van der Waals surface area contributed by atoms with Crippen molar-refractivity contribution >= 4 is 65.0 Å². The van der Waals surface area contributed by atoms with Gasteiger partial charge in [0.05, 0.1) is 18.9 Å². The van der Waals surface area contributed by atoms with Crippen LogP contribution in [0.5, 0.6) is 0 Å². The van der Waals surface area contributed by atoms with E-state index in [9.17, 15) is 33.9 Å². The molecule has 2 aromatic carbocycles. The maximum Gasteiger partial charge on any atom is 0.326 e. The van der Waals surface area contributed by atoms with Gasteiger partial charge in [-0.2, -0.15) is 12.6 Å². The van der Waals surface area contributed by atoms with Crippen LogP contribution in [0.2, 0.25) is 0 Å². The van der Waals surface area contributed by atoms with E-state index in [1.165, 1.54) is 12.5 Å². The summed E-state index contributed by atoms with van der Waals surface area (Å²) in [5, 5.41) is 23.8. The van der Waals surface area contributed by atoms with Crippen LogP contribution in [0.3, 0.4) is 0 Å². The Morgan fingerprint density at radius 2 is 1.44 bits per heavy atom. The van der Waals surface area contributed by atoms with Crippen LogP contribution in [0.25, 0.3) is 10.9 Å². The lowest BCUT2D eigenvalue weighted by Crippen LogP contribution is -2.59. The third-order valence-corrected chi connectivity index (χ3v) is 9.19. The van der Waals surface area contributed by atoms with Crippen LogP contribution in [-0.4, -0.2) is 111 Å². The molecule has 0 fully saturated rings. The minimum Gasteiger partial charge on any atom is -0.480 e. The quantitative estimate of drug-likeness (QED) is 0.0185. The summed E-state index contributed by atoms with van der Waals surface area (Å²) in [6, 6.07) is 9.97. The largest absolute Gasteiger partial charge is 0.480 e. The van der Waals surface area contributed by atoms with Crippen LogP contribution in [-0.2, 0) is 48.0 Å². The second-order valence-electron chi connectivity index (χ2n) is 13.1. The zero-order chi connectivity index (χ0) is 41.3. The third-order valence-electron chi connectivity index (χ3n) is 8.79. The zero-order valence-corrected chi connectivity index (χ0v) is 31.8. The number of hydrogen-bond donors (Lipinski definition) is 12. The van der Waals surface area contributed by atoms with Crippen molar-refractivity contribution in [2.45, 2.75) is 62.3 Å². The molecule has 14 N–H and O–H groups in total. The van der Waals surface area contributed by atoms with Crippen molar-refractivity contribution in [3.05, 3.63) is 90.1 Å². The van der Waals surface area contributed by atoms with E-state index < -0.39 is 72.3 Å². The number of fused-ring (bicyclic) bond motifs is 1. The molecule has 0 radical (unpaired) electrons. The Morgan fingerprint density at radius 1 is 0.789 bits per heavy atom. The fourth-order valence-electron chi connectivity index (χ4n) is 5.82. The van der Waals surface area contributed by atoms with Gasteiger partial charge in [0.25, 0.3) is 0 Å². The van der Waals surface area contributed by atoms with Gasteiger partial charge in [-0.1, -0.05) is 48.5 Å². The number of nitrogens with zero attached hydrogens (tertiary/aromatic N) is 2. The van der Waals surface area contributed by atoms with E-state index in [0.717, 1.165) is 10.9 Å². The summed E-state index contributed by atoms with van der Waals surface area (Å²) in [6.45, 7) is -0.380. The molecule has 0 unspecified atom stereocenters. The number of rotatable bonds is 22. The number of imidazole rings is 1. The number of para-hydroxylation sites is 1. The third kappa shape index (κ3) is 13.7. The molecule has 0 saturated heterocycles. The first-order valence-corrected chi connectivity index (χ1v) is 18.7. The molecule has 2 heterocycles. The molecule has 4 aromatic rings. The molecule has 57 heavy (non-hydrogen) atoms. The van der Waals surface area contributed by atoms with E-state index in [1.54, 1.807) is 36.5 Å². The predicted octanol–water partition coefficient (Wildman–Crippen LogP) is -1.63. The number of hydrogen-bond acceptors (Lipinski definition) is 10. The number of benzene rings is 2. The number of aliphatic imine (C=N–C) groups is 1. The van der Waals surface area contributed by atoms with Crippen LogP contribution in [0.15, 0.2) is 78.3 Å². The normalized spacial score (nSPS) is 13.6. The van der Waals surface area contributed by atoms with E-state index in [4.69, 9.17) is 17.2 Å². The maximum absolute atomic E-state index is 14.1. The average Bonchev–Trinajstić information content (AvgIpc) is 3.87. The van der Waals surface area contributed by atoms with Gasteiger partial charge < -0.3 is 58.9 Å². The number of nitrogens with one attached hydrogen (secondary N) is 7. The molecular formula is C37H48N12O7S. The minimum atomic E-state index is -1.36. The number of aromatic nitrogens is 3. The van der Waals surface area contributed by atoms with Crippen molar-refractivity contribution in [1.29, 1.82) is 0 Å². The number of carboxylic acids is 1. The predicted molar refractivity (Wildman–Crippen MR) is 215 cm³/mol. The van der Waals surface area contributed by atoms with E-state index >= 15 is 0 Å². The Morgan fingerprint density at radius 3 is 2.11 bits per heavy atom. The Kier molecular flexibility index (Phi) is 16.4. The van der Waals surface area contributed by atoms with Crippen molar-refractivity contribution in [2.75, 3.05) is 18.8 Å². The molecular weight excluding hydrogens is 757 g/mol. The van der Waals surface area contributed by atoms with Gasteiger partial charge in [-0.3, -0.25) is 29.0 Å². The summed E-state index contributed by atoms with van der Waals surface area (Å²) in [5.41, 5.74) is 19.2. The van der Waals surface area contributed by atoms with Crippen molar-refractivity contribution in [1.82, 2.24) is 41.5 Å². The van der Waals surface area contributed by atoms with Gasteiger partial charge in [0.15, 0.2) is 5.96 Å². The summed E-state index contributed by atoms with van der Waals surface area (Å²) < 4.78 is 0. The molecule has 0 aliphatic carbocycles. The molecule has 0 spiro atoms. The Bertz CT molecular complexity index is 2000. The first kappa shape index (κ1) is 43.3. The van der Waals surface area contributed by atoms with Crippen LogP contribution in [0.1, 0.15) is 29.7 Å². The SMILES string of the molecule is NC(N)=NCCC[C@H](NC(=O)[C@@H](Cc1ccccc1)NC(=O)[C@H](Cc1cnc[nH]1)NC(=O)CNC(=O)[C@@H](N)CS)C(=O)N[C@@H](Cc1c[nH]c2ccccc12)C(=O)O. The number of aromatic amines is 2. The number of carbonyl (C=O) groups is 6. The number of nitrogens with two attached hydrogens (primary N) is 3. The van der Waals surface area contributed by atoms with E-state index in [1.807, 2.05) is 24.3 Å². The molecule has 0 bridgehead atoms. The molecule has 20 heteroatoms. The van der Waals surface area contributed by atoms with Crippen LogP contribution in [0.4, 0.5) is 0 Å². The summed E-state index contributed by atoms with van der Waals surface area (Å²) in [7, 11) is 0. The van der Waals surface area contributed by atoms with E-state index in [2.05, 4.69) is 59.2 Å². The van der Waals surface area contributed by atoms with Crippen molar-refractivity contribution in [3.8, 4) is 0 Å². The molecule has 0 saturated carbocycles. The number of carbonyl (C=O) groups excluding carboxylic acids is 5. The lowest BCUT2D eigenvalue weighted by molar-refractivity contribution is -0.142. The summed E-state index contributed by atoms with van der Waals surface area (Å²) in [4.78, 5) is 93.2. The number of amides is 5. The van der Waals surface area contributed by atoms with Crippen molar-refractivity contribution in [2.24, 2.45) is 22.2 Å². The van der Waals surface area contributed by atoms with Gasteiger partial charge in [-0.05, 0) is 30.0 Å². The zero-order valence-electron chi connectivity index (χ0n) is 30.9. The first-order chi connectivity index (χ1) is 27.3. The van der Waals surface area contributed by atoms with Crippen LogP contribution in [0, 0.1) is 0 Å². The Hall–Kier alpha value is -6.41. The highest BCUT2D eigenvalue weighted by Crippen LogP contribution is 2.19. The highest BCUT2D eigenvalue weighted by Gasteiger charge is 2.32. The fraction of sp³-hybridized carbons (Fsp3) is 0.351. The highest BCUT2D eigenvalue weighted by molar-refractivity contribution is 7.80. The van der Waals surface area contributed by atoms with Crippen molar-refractivity contribution < 1.29 is 33.9 Å². The fourth-order valence-corrected chi connectivity index (χ4v) is 5.99. The maximum atomic E-state index is 14.1. The topological polar surface area (TPSA) is 318 Å². The molecule has 4 rings (SSSR count). The summed E-state index contributed by atoms with van der Waals surface area (Å²) in [5.74, 6) is -5.04. The molecule has 5 amide bonds. The smallest absolute Gasteiger partial charge is 0.326 e. The Labute approximate surface area is 333 Å². The highest BCUT2D eigenvalue weighted by atomic mass is 32.1. The molecule has 304 valence electrons. The molecule has 5 atom stereocenters. The van der Waals surface area contributed by atoms with Crippen LogP contribution < -0.4 is 43.8 Å². The minimum absolute atomic E-state index is 0.000877. The number of carboxylic acid groups (broad SMARTS) is 1. The number of H-pyrrole nitrogens is 2. The Balaban J connectivity index is 1.55. The van der Waals surface area contributed by atoms with Gasteiger partial charge in [0, 0.05) is 60.6 Å². The molecule has 2 aromatic heterocycles. The second-order valence-corrected chi connectivity index (χ2v) is 13.5. The average molecular weight is 805 g/mol. The second kappa shape index (κ2) is 21.6. The van der Waals surface area contributed by atoms with Gasteiger partial charge >= 0.3 is 5.97 Å².